The molecule has 30 heavy (non-hydrogen) atoms. The number of nitrogens with one attached hydrogen (secondary N) is 1. The third-order valence-electron chi connectivity index (χ3n) is 5.26. The van der Waals surface area contributed by atoms with Crippen molar-refractivity contribution < 1.29 is 19.1 Å². The highest BCUT2D eigenvalue weighted by atomic mass is 19.1. The molecule has 2 atom stereocenters. The number of benzene rings is 1. The van der Waals surface area contributed by atoms with Crippen molar-refractivity contribution in [2.24, 2.45) is 11.8 Å². The predicted octanol–water partition coefficient (Wildman–Crippen LogP) is 4.05. The molecule has 0 saturated carbocycles. The summed E-state index contributed by atoms with van der Waals surface area (Å²) in [5.74, 6) is -1.10. The number of carbonyl (C=O) groups is 2. The van der Waals surface area contributed by atoms with Gasteiger partial charge in [-0.1, -0.05) is 25.2 Å². The second-order valence-electron chi connectivity index (χ2n) is 7.36. The molecule has 7 heteroatoms. The van der Waals surface area contributed by atoms with E-state index in [0.29, 0.717) is 22.8 Å². The number of carboxylic acid groups (broad SMARTS) is 1. The molecule has 0 aliphatic heterocycles. The van der Waals surface area contributed by atoms with Crippen molar-refractivity contribution in [1.29, 1.82) is 0 Å². The zero-order valence-electron chi connectivity index (χ0n) is 17.3. The summed E-state index contributed by atoms with van der Waals surface area (Å²) in [6.45, 7) is 5.70. The predicted molar refractivity (Wildman–Crippen MR) is 113 cm³/mol. The Morgan fingerprint density at radius 3 is 2.53 bits per heavy atom. The Kier molecular flexibility index (Phi) is 6.01. The first-order chi connectivity index (χ1) is 14.2. The molecule has 0 fully saturated rings. The van der Waals surface area contributed by atoms with E-state index in [2.05, 4.69) is 10.3 Å². The first-order valence-corrected chi connectivity index (χ1v) is 9.61. The van der Waals surface area contributed by atoms with Gasteiger partial charge in [-0.2, -0.15) is 0 Å². The smallest absolute Gasteiger partial charge is 0.335 e. The third-order valence-corrected chi connectivity index (χ3v) is 5.26. The zero-order valence-corrected chi connectivity index (χ0v) is 17.3. The first-order valence-electron chi connectivity index (χ1n) is 9.61. The van der Waals surface area contributed by atoms with Crippen molar-refractivity contribution in [3.63, 3.8) is 0 Å². The fourth-order valence-corrected chi connectivity index (χ4v) is 3.60. The molecule has 1 aromatic carbocycles. The third kappa shape index (κ3) is 4.10. The second-order valence-corrected chi connectivity index (χ2v) is 7.36. The Morgan fingerprint density at radius 1 is 1.27 bits per heavy atom. The highest BCUT2D eigenvalue weighted by Crippen LogP contribution is 2.31. The number of rotatable bonds is 5. The number of hydrogen-bond acceptors (Lipinski definition) is 3. The molecule has 2 N–H and O–H groups in total. The first kappa shape index (κ1) is 21.2. The maximum absolute atomic E-state index is 13.3. The molecule has 1 aliphatic carbocycles. The molecule has 0 bridgehead atoms. The van der Waals surface area contributed by atoms with E-state index in [1.807, 2.05) is 26.1 Å². The number of halogens is 1. The minimum absolute atomic E-state index is 0.105. The molecule has 0 spiro atoms. The van der Waals surface area contributed by atoms with Gasteiger partial charge in [0, 0.05) is 24.7 Å². The lowest BCUT2D eigenvalue weighted by atomic mass is 9.82. The maximum Gasteiger partial charge on any atom is 0.335 e. The number of aryl methyl sites for hydroxylation is 1. The highest BCUT2D eigenvalue weighted by molar-refractivity contribution is 5.99. The van der Waals surface area contributed by atoms with E-state index in [4.69, 9.17) is 0 Å². The number of aliphatic carboxylic acids is 1. The largest absolute Gasteiger partial charge is 0.478 e. The topological polar surface area (TPSA) is 84.2 Å². The Bertz CT molecular complexity index is 1080. The molecular formula is C23H24FN3O3. The number of allylic oxidation sites excluding steroid dienone is 3. The lowest BCUT2D eigenvalue weighted by Crippen LogP contribution is -2.22. The molecule has 3 rings (SSSR count). The molecule has 1 aromatic heterocycles. The standard InChI is InChI=1S/C23H24FN3O3/c1-13-5-6-17(23(29)30)11-19(13)14(2)12-27-15(3)26-20(21(27)22(28)25-4)16-7-9-18(24)10-8-16/h5-13,19H,1-4H3,(H,25,28)(H,29,30). The summed E-state index contributed by atoms with van der Waals surface area (Å²) in [4.78, 5) is 28.6. The van der Waals surface area contributed by atoms with E-state index >= 15 is 0 Å². The van der Waals surface area contributed by atoms with Crippen LogP contribution in [0.15, 0.2) is 53.6 Å². The van der Waals surface area contributed by atoms with Crippen molar-refractivity contribution in [3.05, 3.63) is 71.0 Å². The number of carboxylic acids is 1. The molecule has 2 aromatic rings. The molecule has 1 amide bonds. The van der Waals surface area contributed by atoms with E-state index < -0.39 is 5.97 Å². The van der Waals surface area contributed by atoms with Gasteiger partial charge in [-0.25, -0.2) is 14.2 Å². The van der Waals surface area contributed by atoms with Gasteiger partial charge in [-0.05, 0) is 49.6 Å². The maximum atomic E-state index is 13.3. The minimum Gasteiger partial charge on any atom is -0.478 e. The lowest BCUT2D eigenvalue weighted by molar-refractivity contribution is -0.132. The van der Waals surface area contributed by atoms with E-state index in [1.165, 1.54) is 19.2 Å². The molecule has 1 heterocycles. The number of imidazole rings is 1. The monoisotopic (exact) mass is 409 g/mol. The van der Waals surface area contributed by atoms with Gasteiger partial charge in [0.25, 0.3) is 5.91 Å². The van der Waals surface area contributed by atoms with Crippen LogP contribution in [0.3, 0.4) is 0 Å². The van der Waals surface area contributed by atoms with Crippen LogP contribution in [0.1, 0.15) is 30.2 Å². The van der Waals surface area contributed by atoms with Crippen molar-refractivity contribution in [1.82, 2.24) is 14.9 Å². The van der Waals surface area contributed by atoms with Gasteiger partial charge < -0.3 is 10.4 Å². The molecular weight excluding hydrogens is 385 g/mol. The summed E-state index contributed by atoms with van der Waals surface area (Å²) in [6.07, 6.45) is 7.03. The summed E-state index contributed by atoms with van der Waals surface area (Å²) in [7, 11) is 1.54. The van der Waals surface area contributed by atoms with Crippen LogP contribution < -0.4 is 5.32 Å². The summed E-state index contributed by atoms with van der Waals surface area (Å²) in [5.41, 5.74) is 2.55. The van der Waals surface area contributed by atoms with Crippen LogP contribution in [0.25, 0.3) is 17.5 Å². The van der Waals surface area contributed by atoms with Crippen molar-refractivity contribution in [2.75, 3.05) is 7.05 Å². The van der Waals surface area contributed by atoms with Crippen molar-refractivity contribution in [2.45, 2.75) is 20.8 Å². The van der Waals surface area contributed by atoms with Crippen LogP contribution in [0.2, 0.25) is 0 Å². The van der Waals surface area contributed by atoms with Gasteiger partial charge in [-0.15, -0.1) is 0 Å². The fraction of sp³-hybridized carbons (Fsp3) is 0.261. The van der Waals surface area contributed by atoms with Gasteiger partial charge in [0.15, 0.2) is 0 Å². The van der Waals surface area contributed by atoms with Crippen LogP contribution in [-0.4, -0.2) is 33.6 Å². The summed E-state index contributed by atoms with van der Waals surface area (Å²) in [5, 5.41) is 12.0. The average Bonchev–Trinajstić information content (AvgIpc) is 3.04. The van der Waals surface area contributed by atoms with Gasteiger partial charge in [0.1, 0.15) is 23.0 Å². The van der Waals surface area contributed by atoms with Crippen LogP contribution in [0.4, 0.5) is 4.39 Å². The summed E-state index contributed by atoms with van der Waals surface area (Å²) in [6, 6.07) is 5.82. The van der Waals surface area contributed by atoms with Crippen LogP contribution in [0.5, 0.6) is 0 Å². The van der Waals surface area contributed by atoms with Gasteiger partial charge >= 0.3 is 5.97 Å². The number of amides is 1. The molecule has 0 saturated heterocycles. The quantitative estimate of drug-likeness (QED) is 0.780. The van der Waals surface area contributed by atoms with Gasteiger partial charge in [0.05, 0.1) is 5.57 Å². The molecule has 156 valence electrons. The number of hydrogen-bond donors (Lipinski definition) is 2. The number of nitrogens with zero attached hydrogens (tertiary/aromatic N) is 2. The summed E-state index contributed by atoms with van der Waals surface area (Å²) < 4.78 is 15.0. The molecule has 1 aliphatic rings. The Balaban J connectivity index is 2.11. The van der Waals surface area contributed by atoms with Crippen molar-refractivity contribution >= 4 is 18.1 Å². The fourth-order valence-electron chi connectivity index (χ4n) is 3.60. The van der Waals surface area contributed by atoms with E-state index in [-0.39, 0.29) is 29.1 Å². The minimum atomic E-state index is -0.973. The van der Waals surface area contributed by atoms with Gasteiger partial charge in [-0.3, -0.25) is 9.36 Å². The van der Waals surface area contributed by atoms with E-state index in [9.17, 15) is 19.1 Å². The van der Waals surface area contributed by atoms with Crippen LogP contribution >= 0.6 is 0 Å². The number of aromatic nitrogens is 2. The zero-order chi connectivity index (χ0) is 22.0. The number of carbonyl (C=O) groups excluding carboxylic acids is 1. The van der Waals surface area contributed by atoms with E-state index in [0.717, 1.165) is 5.57 Å². The average molecular weight is 409 g/mol. The molecule has 0 radical (unpaired) electrons. The Hall–Kier alpha value is -3.48. The highest BCUT2D eigenvalue weighted by Gasteiger charge is 2.24. The van der Waals surface area contributed by atoms with Crippen LogP contribution in [-0.2, 0) is 4.79 Å². The van der Waals surface area contributed by atoms with Crippen LogP contribution in [0, 0.1) is 24.6 Å². The Morgan fingerprint density at radius 2 is 1.93 bits per heavy atom. The lowest BCUT2D eigenvalue weighted by Gasteiger charge is -2.23. The van der Waals surface area contributed by atoms with E-state index in [1.54, 1.807) is 35.8 Å². The summed E-state index contributed by atoms with van der Waals surface area (Å²) >= 11 is 0. The SMILES string of the molecule is CNC(=O)c1c(-c2ccc(F)cc2)nc(C)n1C=C(C)C1C=C(C(=O)O)C=CC1C. The molecule has 6 nitrogen and oxygen atoms in total. The van der Waals surface area contributed by atoms with Crippen molar-refractivity contribution in [3.8, 4) is 11.3 Å². The Labute approximate surface area is 174 Å². The van der Waals surface area contributed by atoms with Gasteiger partial charge in [0.2, 0.25) is 0 Å². The normalized spacial score (nSPS) is 18.8. The molecule has 2 unspecified atom stereocenters. The second kappa shape index (κ2) is 8.49.